The molecule has 1 aromatic carbocycles. The molecule has 1 unspecified atom stereocenters. The van der Waals surface area contributed by atoms with E-state index in [4.69, 9.17) is 15.5 Å². The third kappa shape index (κ3) is 3.42. The van der Waals surface area contributed by atoms with Crippen LogP contribution >= 0.6 is 7.60 Å². The van der Waals surface area contributed by atoms with Crippen LogP contribution in [0.25, 0.3) is 0 Å². The molecule has 0 amide bonds. The summed E-state index contributed by atoms with van der Waals surface area (Å²) in [5.74, 6) is -1.12. The van der Waals surface area contributed by atoms with Gasteiger partial charge in [0.15, 0.2) is 0 Å². The maximum Gasteiger partial charge on any atom is 0.347 e. The number of nitrogens with two attached hydrogens (primary N) is 1. The summed E-state index contributed by atoms with van der Waals surface area (Å²) >= 11 is 0. The van der Waals surface area contributed by atoms with Crippen molar-refractivity contribution < 1.29 is 19.3 Å². The minimum absolute atomic E-state index is 0.0551. The second-order valence-electron chi connectivity index (χ2n) is 3.44. The first-order valence-electron chi connectivity index (χ1n) is 4.57. The molecule has 0 saturated carbocycles. The number of nitro groups is 1. The second kappa shape index (κ2) is 4.70. The van der Waals surface area contributed by atoms with E-state index in [2.05, 4.69) is 5.32 Å². The molecule has 8 nitrogen and oxygen atoms in total. The zero-order chi connectivity index (χ0) is 13.2. The van der Waals surface area contributed by atoms with E-state index >= 15 is 0 Å². The summed E-state index contributed by atoms with van der Waals surface area (Å²) < 4.78 is 10.9. The number of non-ortho nitro benzene ring substituents is 1. The monoisotopic (exact) mass is 261 g/mol. The van der Waals surface area contributed by atoms with Crippen LogP contribution in [-0.4, -0.2) is 20.5 Å². The van der Waals surface area contributed by atoms with Crippen molar-refractivity contribution in [2.45, 2.75) is 12.7 Å². The summed E-state index contributed by atoms with van der Waals surface area (Å²) in [7, 11) is -4.27. The van der Waals surface area contributed by atoms with Crippen molar-refractivity contribution in [1.82, 2.24) is 0 Å². The molecule has 0 heterocycles. The van der Waals surface area contributed by atoms with E-state index in [-0.39, 0.29) is 17.1 Å². The fourth-order valence-corrected chi connectivity index (χ4v) is 1.41. The van der Waals surface area contributed by atoms with Gasteiger partial charge in [-0.15, -0.1) is 0 Å². The van der Waals surface area contributed by atoms with Gasteiger partial charge in [0, 0.05) is 12.1 Å². The van der Waals surface area contributed by atoms with Gasteiger partial charge in [-0.2, -0.15) is 0 Å². The largest absolute Gasteiger partial charge is 0.397 e. The molecule has 1 aromatic rings. The third-order valence-electron chi connectivity index (χ3n) is 2.11. The van der Waals surface area contributed by atoms with Gasteiger partial charge in [0.05, 0.1) is 16.3 Å². The van der Waals surface area contributed by atoms with Crippen LogP contribution < -0.4 is 11.1 Å². The van der Waals surface area contributed by atoms with Crippen LogP contribution in [0.1, 0.15) is 6.92 Å². The normalized spacial score (nSPS) is 13.1. The molecule has 0 saturated heterocycles. The Kier molecular flexibility index (Phi) is 3.72. The number of hydrogen-bond donors (Lipinski definition) is 4. The number of rotatable bonds is 4. The van der Waals surface area contributed by atoms with Gasteiger partial charge in [0.2, 0.25) is 0 Å². The van der Waals surface area contributed by atoms with Crippen LogP contribution in [0.3, 0.4) is 0 Å². The predicted octanol–water partition coefficient (Wildman–Crippen LogP) is 1.11. The summed E-state index contributed by atoms with van der Waals surface area (Å²) in [5, 5.41) is 13.0. The zero-order valence-corrected chi connectivity index (χ0v) is 9.79. The Hall–Kier alpha value is -1.63. The van der Waals surface area contributed by atoms with Gasteiger partial charge >= 0.3 is 7.60 Å². The Morgan fingerprint density at radius 3 is 2.53 bits per heavy atom. The SMILES string of the molecule is CC(Nc1ccc([N+](=O)[O-])cc1N)P(=O)(O)O. The standard InChI is InChI=1S/C8H12N3O5P/c1-5(17(14,15)16)10-8-3-2-6(11(12)13)4-7(8)9/h2-5,10H,9H2,1H3,(H2,14,15,16). The van der Waals surface area contributed by atoms with Crippen molar-refractivity contribution in [3.8, 4) is 0 Å². The van der Waals surface area contributed by atoms with Crippen LogP contribution in [0.4, 0.5) is 17.1 Å². The molecule has 5 N–H and O–H groups in total. The average molecular weight is 261 g/mol. The quantitative estimate of drug-likeness (QED) is 0.275. The van der Waals surface area contributed by atoms with Gasteiger partial charge in [-0.25, -0.2) is 0 Å². The molecule has 0 aromatic heterocycles. The summed E-state index contributed by atoms with van der Waals surface area (Å²) in [6.45, 7) is 1.29. The average Bonchev–Trinajstić information content (AvgIpc) is 2.19. The van der Waals surface area contributed by atoms with Gasteiger partial charge < -0.3 is 20.8 Å². The molecule has 0 bridgehead atoms. The first kappa shape index (κ1) is 13.4. The van der Waals surface area contributed by atoms with E-state index in [1.165, 1.54) is 19.1 Å². The van der Waals surface area contributed by atoms with Gasteiger partial charge in [-0.3, -0.25) is 14.7 Å². The molecule has 0 aliphatic carbocycles. The van der Waals surface area contributed by atoms with Crippen LogP contribution in [0.2, 0.25) is 0 Å². The minimum Gasteiger partial charge on any atom is -0.397 e. The number of anilines is 2. The molecular weight excluding hydrogens is 249 g/mol. The van der Waals surface area contributed by atoms with Crippen LogP contribution in [0, 0.1) is 10.1 Å². The Morgan fingerprint density at radius 1 is 1.53 bits per heavy atom. The number of hydrogen-bond acceptors (Lipinski definition) is 5. The highest BCUT2D eigenvalue weighted by atomic mass is 31.2. The lowest BCUT2D eigenvalue weighted by molar-refractivity contribution is -0.384. The topological polar surface area (TPSA) is 139 Å². The van der Waals surface area contributed by atoms with Crippen LogP contribution in [-0.2, 0) is 4.57 Å². The van der Waals surface area contributed by atoms with E-state index < -0.39 is 18.3 Å². The van der Waals surface area contributed by atoms with Gasteiger partial charge in [0.25, 0.3) is 5.69 Å². The third-order valence-corrected chi connectivity index (χ3v) is 3.25. The van der Waals surface area contributed by atoms with E-state index in [0.29, 0.717) is 0 Å². The maximum atomic E-state index is 10.9. The number of benzene rings is 1. The highest BCUT2D eigenvalue weighted by Crippen LogP contribution is 2.41. The van der Waals surface area contributed by atoms with E-state index in [1.54, 1.807) is 0 Å². The lowest BCUT2D eigenvalue weighted by atomic mass is 10.2. The number of nitrogens with one attached hydrogen (secondary N) is 1. The van der Waals surface area contributed by atoms with E-state index in [1.807, 2.05) is 0 Å². The van der Waals surface area contributed by atoms with Crippen LogP contribution in [0.15, 0.2) is 18.2 Å². The van der Waals surface area contributed by atoms with E-state index in [0.717, 1.165) is 6.07 Å². The lowest BCUT2D eigenvalue weighted by Gasteiger charge is -2.17. The Labute approximate surface area is 96.8 Å². The van der Waals surface area contributed by atoms with Gasteiger partial charge in [0.1, 0.15) is 5.78 Å². The predicted molar refractivity (Wildman–Crippen MR) is 62.6 cm³/mol. The highest BCUT2D eigenvalue weighted by molar-refractivity contribution is 7.52. The fourth-order valence-electron chi connectivity index (χ4n) is 1.10. The first-order valence-corrected chi connectivity index (χ1v) is 6.25. The van der Waals surface area contributed by atoms with Crippen molar-refractivity contribution >= 4 is 24.7 Å². The molecule has 17 heavy (non-hydrogen) atoms. The van der Waals surface area contributed by atoms with Crippen molar-refractivity contribution in [2.24, 2.45) is 0 Å². The van der Waals surface area contributed by atoms with Crippen LogP contribution in [0.5, 0.6) is 0 Å². The molecule has 0 spiro atoms. The minimum atomic E-state index is -4.27. The molecule has 1 atom stereocenters. The molecule has 9 heteroatoms. The van der Waals surface area contributed by atoms with Crippen molar-refractivity contribution in [2.75, 3.05) is 11.1 Å². The second-order valence-corrected chi connectivity index (χ2v) is 5.39. The lowest BCUT2D eigenvalue weighted by Crippen LogP contribution is -2.16. The molecular formula is C8H12N3O5P. The Morgan fingerprint density at radius 2 is 2.12 bits per heavy atom. The smallest absolute Gasteiger partial charge is 0.347 e. The first-order chi connectivity index (χ1) is 7.71. The highest BCUT2D eigenvalue weighted by Gasteiger charge is 2.24. The molecule has 0 aliphatic rings. The van der Waals surface area contributed by atoms with Crippen molar-refractivity contribution in [1.29, 1.82) is 0 Å². The van der Waals surface area contributed by atoms with Gasteiger partial charge in [-0.05, 0) is 13.0 Å². The molecule has 0 radical (unpaired) electrons. The summed E-state index contributed by atoms with van der Waals surface area (Å²) in [5.41, 5.74) is 5.64. The molecule has 0 aliphatic heterocycles. The maximum absolute atomic E-state index is 10.9. The zero-order valence-electron chi connectivity index (χ0n) is 8.90. The summed E-state index contributed by atoms with van der Waals surface area (Å²) in [4.78, 5) is 27.6. The van der Waals surface area contributed by atoms with Crippen molar-refractivity contribution in [3.05, 3.63) is 28.3 Å². The van der Waals surface area contributed by atoms with Crippen molar-refractivity contribution in [3.63, 3.8) is 0 Å². The molecule has 94 valence electrons. The Bertz CT molecular complexity index is 486. The summed E-state index contributed by atoms with van der Waals surface area (Å²) in [6.07, 6.45) is 0. The number of nitro benzene ring substituents is 1. The Balaban J connectivity index is 2.94. The number of nitrogens with zero attached hydrogens (tertiary/aromatic N) is 1. The molecule has 1 rings (SSSR count). The number of nitrogen functional groups attached to an aromatic ring is 1. The van der Waals surface area contributed by atoms with E-state index in [9.17, 15) is 14.7 Å². The molecule has 0 fully saturated rings. The fraction of sp³-hybridized carbons (Fsp3) is 0.250. The van der Waals surface area contributed by atoms with Gasteiger partial charge in [-0.1, -0.05) is 0 Å². The summed E-state index contributed by atoms with van der Waals surface area (Å²) in [6, 6.07) is 3.62.